The Balaban J connectivity index is 1.78. The second-order valence-electron chi connectivity index (χ2n) is 6.65. The summed E-state index contributed by atoms with van der Waals surface area (Å²) >= 11 is 0. The summed E-state index contributed by atoms with van der Waals surface area (Å²) in [5.41, 5.74) is 4.01. The number of hydrogen-bond acceptors (Lipinski definition) is 5. The molecule has 7 heteroatoms. The van der Waals surface area contributed by atoms with Crippen molar-refractivity contribution in [2.24, 2.45) is 0 Å². The Bertz CT molecular complexity index is 808. The minimum atomic E-state index is -0.256. The molecule has 0 bridgehead atoms. The van der Waals surface area contributed by atoms with Gasteiger partial charge in [0.15, 0.2) is 0 Å². The van der Waals surface area contributed by atoms with Gasteiger partial charge in [0.2, 0.25) is 12.4 Å². The molecule has 2 aromatic rings. The molecule has 1 fully saturated rings. The first-order chi connectivity index (χ1) is 12.4. The molecule has 26 heavy (non-hydrogen) atoms. The van der Waals surface area contributed by atoms with Gasteiger partial charge in [0.25, 0.3) is 5.91 Å². The largest absolute Gasteiger partial charge is 0.342 e. The van der Waals surface area contributed by atoms with Gasteiger partial charge in [0, 0.05) is 37.6 Å². The maximum Gasteiger partial charge on any atom is 0.274 e. The van der Waals surface area contributed by atoms with E-state index in [1.807, 2.05) is 37.8 Å². The van der Waals surface area contributed by atoms with Crippen LogP contribution >= 0.6 is 0 Å². The number of amides is 2. The number of benzene rings is 1. The number of rotatable bonds is 4. The van der Waals surface area contributed by atoms with Crippen molar-refractivity contribution in [2.75, 3.05) is 36.4 Å². The molecular weight excluding hydrogens is 330 g/mol. The molecule has 1 saturated heterocycles. The predicted molar refractivity (Wildman–Crippen MR) is 100 cm³/mol. The third kappa shape index (κ3) is 4.17. The Kier molecular flexibility index (Phi) is 5.16. The molecule has 1 aromatic heterocycles. The Labute approximate surface area is 153 Å². The zero-order valence-corrected chi connectivity index (χ0v) is 15.3. The van der Waals surface area contributed by atoms with Gasteiger partial charge < -0.3 is 15.1 Å². The molecule has 0 unspecified atom stereocenters. The van der Waals surface area contributed by atoms with Crippen LogP contribution in [-0.2, 0) is 4.79 Å². The van der Waals surface area contributed by atoms with Crippen molar-refractivity contribution >= 4 is 24.0 Å². The maximum atomic E-state index is 12.6. The highest BCUT2D eigenvalue weighted by atomic mass is 16.2. The fourth-order valence-corrected chi connectivity index (χ4v) is 3.08. The van der Waals surface area contributed by atoms with Crippen molar-refractivity contribution in [1.29, 1.82) is 0 Å². The molecule has 1 aromatic carbocycles. The molecule has 3 rings (SSSR count). The first-order valence-corrected chi connectivity index (χ1v) is 8.64. The number of anilines is 2. The number of hydrogen-bond donors (Lipinski definition) is 1. The topological polar surface area (TPSA) is 78.4 Å². The van der Waals surface area contributed by atoms with E-state index in [2.05, 4.69) is 21.4 Å². The minimum absolute atomic E-state index is 0.256. The Morgan fingerprint density at radius 2 is 1.65 bits per heavy atom. The monoisotopic (exact) mass is 353 g/mol. The van der Waals surface area contributed by atoms with E-state index in [1.165, 1.54) is 0 Å². The molecule has 0 radical (unpaired) electrons. The summed E-state index contributed by atoms with van der Waals surface area (Å²) < 4.78 is 0. The predicted octanol–water partition coefficient (Wildman–Crippen LogP) is 1.93. The van der Waals surface area contributed by atoms with E-state index < -0.39 is 0 Å². The molecule has 1 N–H and O–H groups in total. The zero-order chi connectivity index (χ0) is 18.7. The van der Waals surface area contributed by atoms with Crippen LogP contribution in [0.15, 0.2) is 24.3 Å². The number of piperazine rings is 1. The average molecular weight is 353 g/mol. The van der Waals surface area contributed by atoms with Gasteiger partial charge in [-0.25, -0.2) is 9.97 Å². The van der Waals surface area contributed by atoms with Gasteiger partial charge in [-0.15, -0.1) is 0 Å². The fourth-order valence-electron chi connectivity index (χ4n) is 3.08. The third-order valence-electron chi connectivity index (χ3n) is 4.30. The lowest BCUT2D eigenvalue weighted by Crippen LogP contribution is -2.46. The summed E-state index contributed by atoms with van der Waals surface area (Å²) in [6, 6.07) is 7.60. The van der Waals surface area contributed by atoms with Gasteiger partial charge in [-0.3, -0.25) is 9.59 Å². The van der Waals surface area contributed by atoms with Crippen molar-refractivity contribution in [3.05, 3.63) is 46.8 Å². The van der Waals surface area contributed by atoms with Crippen LogP contribution in [0, 0.1) is 20.8 Å². The number of nitrogens with zero attached hydrogens (tertiary/aromatic N) is 4. The van der Waals surface area contributed by atoms with Gasteiger partial charge in [-0.05, 0) is 50.1 Å². The quantitative estimate of drug-likeness (QED) is 0.850. The van der Waals surface area contributed by atoms with Gasteiger partial charge in [-0.2, -0.15) is 0 Å². The summed E-state index contributed by atoms with van der Waals surface area (Å²) in [5, 5.41) is 2.91. The number of aromatic nitrogens is 2. The van der Waals surface area contributed by atoms with Crippen molar-refractivity contribution in [2.45, 2.75) is 20.8 Å². The van der Waals surface area contributed by atoms with Crippen molar-refractivity contribution in [3.8, 4) is 0 Å². The highest BCUT2D eigenvalue weighted by Crippen LogP contribution is 2.17. The summed E-state index contributed by atoms with van der Waals surface area (Å²) in [7, 11) is 0. The average Bonchev–Trinajstić information content (AvgIpc) is 2.60. The molecule has 2 amide bonds. The summed E-state index contributed by atoms with van der Waals surface area (Å²) in [5.74, 6) is 0.273. The molecule has 1 aliphatic heterocycles. The van der Waals surface area contributed by atoms with Gasteiger partial charge >= 0.3 is 0 Å². The molecule has 2 heterocycles. The van der Waals surface area contributed by atoms with Crippen LogP contribution in [0.3, 0.4) is 0 Å². The van der Waals surface area contributed by atoms with Crippen LogP contribution in [0.5, 0.6) is 0 Å². The lowest BCUT2D eigenvalue weighted by molar-refractivity contribution is -0.118. The van der Waals surface area contributed by atoms with Crippen LogP contribution in [-0.4, -0.2) is 53.4 Å². The third-order valence-corrected chi connectivity index (χ3v) is 4.30. The SMILES string of the molecule is Cc1cc(C)cc(NC(=O)c2cc(C)nc(N3CCN(C=O)CC3)n2)c1. The zero-order valence-electron chi connectivity index (χ0n) is 15.3. The van der Waals surface area contributed by atoms with Crippen molar-refractivity contribution < 1.29 is 9.59 Å². The Morgan fingerprint density at radius 1 is 1.00 bits per heavy atom. The highest BCUT2D eigenvalue weighted by Gasteiger charge is 2.20. The molecule has 1 aliphatic rings. The maximum absolute atomic E-state index is 12.6. The van der Waals surface area contributed by atoms with Crippen LogP contribution in [0.1, 0.15) is 27.3 Å². The lowest BCUT2D eigenvalue weighted by Gasteiger charge is -2.32. The summed E-state index contributed by atoms with van der Waals surface area (Å²) in [6.07, 6.45) is 0.858. The molecule has 7 nitrogen and oxygen atoms in total. The Hall–Kier alpha value is -2.96. The standard InChI is InChI=1S/C19H23N5O2/c1-13-8-14(2)10-16(9-13)21-18(26)17-11-15(3)20-19(22-17)24-6-4-23(12-25)5-7-24/h8-12H,4-7H2,1-3H3,(H,21,26). The Morgan fingerprint density at radius 3 is 2.27 bits per heavy atom. The van der Waals surface area contributed by atoms with E-state index in [0.29, 0.717) is 37.8 Å². The molecule has 0 spiro atoms. The van der Waals surface area contributed by atoms with Gasteiger partial charge in [0.05, 0.1) is 0 Å². The molecule has 0 aliphatic carbocycles. The van der Waals surface area contributed by atoms with E-state index in [0.717, 1.165) is 28.9 Å². The fraction of sp³-hybridized carbons (Fsp3) is 0.368. The first kappa shape index (κ1) is 17.8. The molecule has 136 valence electrons. The summed E-state index contributed by atoms with van der Waals surface area (Å²) in [4.78, 5) is 36.1. The minimum Gasteiger partial charge on any atom is -0.342 e. The second kappa shape index (κ2) is 7.51. The molecule has 0 saturated carbocycles. The molecular formula is C19H23N5O2. The highest BCUT2D eigenvalue weighted by molar-refractivity contribution is 6.03. The molecule has 0 atom stereocenters. The van der Waals surface area contributed by atoms with E-state index in [9.17, 15) is 9.59 Å². The van der Waals surface area contributed by atoms with Crippen LogP contribution in [0.2, 0.25) is 0 Å². The van der Waals surface area contributed by atoms with Crippen LogP contribution in [0.4, 0.5) is 11.6 Å². The lowest BCUT2D eigenvalue weighted by atomic mass is 10.1. The number of nitrogens with one attached hydrogen (secondary N) is 1. The first-order valence-electron chi connectivity index (χ1n) is 8.64. The van der Waals surface area contributed by atoms with E-state index >= 15 is 0 Å². The number of aryl methyl sites for hydroxylation is 3. The van der Waals surface area contributed by atoms with Gasteiger partial charge in [-0.1, -0.05) is 6.07 Å². The number of carbonyl (C=O) groups excluding carboxylic acids is 2. The van der Waals surface area contributed by atoms with E-state index in [1.54, 1.807) is 11.0 Å². The van der Waals surface area contributed by atoms with E-state index in [4.69, 9.17) is 0 Å². The normalized spacial score (nSPS) is 14.3. The summed E-state index contributed by atoms with van der Waals surface area (Å²) in [6.45, 7) is 8.40. The smallest absolute Gasteiger partial charge is 0.274 e. The van der Waals surface area contributed by atoms with Gasteiger partial charge in [0.1, 0.15) is 5.69 Å². The van der Waals surface area contributed by atoms with Crippen molar-refractivity contribution in [3.63, 3.8) is 0 Å². The van der Waals surface area contributed by atoms with Crippen molar-refractivity contribution in [1.82, 2.24) is 14.9 Å². The van der Waals surface area contributed by atoms with Crippen LogP contribution in [0.25, 0.3) is 0 Å². The second-order valence-corrected chi connectivity index (χ2v) is 6.65. The van der Waals surface area contributed by atoms with E-state index in [-0.39, 0.29) is 5.91 Å². The van der Waals surface area contributed by atoms with Crippen LogP contribution < -0.4 is 10.2 Å². The number of carbonyl (C=O) groups is 2.